The van der Waals surface area contributed by atoms with Crippen LogP contribution in [0.3, 0.4) is 0 Å². The highest BCUT2D eigenvalue weighted by Crippen LogP contribution is 2.28. The molecule has 0 aliphatic heterocycles. The van der Waals surface area contributed by atoms with Crippen molar-refractivity contribution in [1.29, 1.82) is 0 Å². The maximum Gasteiger partial charge on any atom is 0.223 e. The van der Waals surface area contributed by atoms with Gasteiger partial charge in [-0.05, 0) is 19.8 Å². The molecule has 1 fully saturated rings. The number of carbonyl (C=O) groups is 1. The van der Waals surface area contributed by atoms with Gasteiger partial charge in [-0.3, -0.25) is 9.79 Å². The van der Waals surface area contributed by atoms with Crippen molar-refractivity contribution in [3.05, 3.63) is 16.1 Å². The molecular formula is C13H22IN5OS. The predicted molar refractivity (Wildman–Crippen MR) is 96.2 cm³/mol. The van der Waals surface area contributed by atoms with E-state index < -0.39 is 0 Å². The first kappa shape index (κ1) is 18.1. The van der Waals surface area contributed by atoms with Crippen molar-refractivity contribution in [2.45, 2.75) is 26.3 Å². The van der Waals surface area contributed by atoms with E-state index in [-0.39, 0.29) is 35.8 Å². The second-order valence-electron chi connectivity index (χ2n) is 4.78. The fraction of sp³-hybridized carbons (Fsp3) is 0.615. The third-order valence-corrected chi connectivity index (χ3v) is 3.88. The third kappa shape index (κ3) is 6.60. The lowest BCUT2D eigenvalue weighted by Crippen LogP contribution is -2.41. The maximum atomic E-state index is 11.4. The quantitative estimate of drug-likeness (QED) is 0.279. The van der Waals surface area contributed by atoms with Crippen LogP contribution >= 0.6 is 35.3 Å². The number of carbonyl (C=O) groups excluding carboxylic acids is 1. The number of amides is 1. The van der Waals surface area contributed by atoms with Crippen LogP contribution in [0, 0.1) is 12.8 Å². The largest absolute Gasteiger partial charge is 0.355 e. The van der Waals surface area contributed by atoms with Crippen molar-refractivity contribution < 1.29 is 4.79 Å². The number of nitrogens with one attached hydrogen (secondary N) is 3. The molecule has 0 radical (unpaired) electrons. The van der Waals surface area contributed by atoms with Crippen LogP contribution in [-0.2, 0) is 11.3 Å². The molecule has 1 aromatic heterocycles. The lowest BCUT2D eigenvalue weighted by molar-refractivity contribution is -0.122. The van der Waals surface area contributed by atoms with Crippen LogP contribution in [0.5, 0.6) is 0 Å². The standard InChI is InChI=1S/C13H21N5OS.HI/c1-9-7-17-11(20-9)8-18-13(14-2)16-6-5-15-12(19)10-3-4-10;/h7,10H,3-6,8H2,1-2H3,(H,15,19)(H2,14,16,18);1H. The van der Waals surface area contributed by atoms with Gasteiger partial charge in [0.15, 0.2) is 5.96 Å². The summed E-state index contributed by atoms with van der Waals surface area (Å²) in [5.74, 6) is 1.16. The van der Waals surface area contributed by atoms with E-state index in [2.05, 4.69) is 25.9 Å². The minimum absolute atomic E-state index is 0. The normalized spacial score (nSPS) is 14.3. The molecule has 118 valence electrons. The Balaban J connectivity index is 0.00000220. The van der Waals surface area contributed by atoms with Gasteiger partial charge in [-0.1, -0.05) is 0 Å². The predicted octanol–water partition coefficient (Wildman–Crippen LogP) is 1.26. The minimum Gasteiger partial charge on any atom is -0.355 e. The van der Waals surface area contributed by atoms with Crippen molar-refractivity contribution in [3.63, 3.8) is 0 Å². The van der Waals surface area contributed by atoms with Crippen LogP contribution in [-0.4, -0.2) is 37.0 Å². The molecule has 0 saturated heterocycles. The molecule has 1 heterocycles. The summed E-state index contributed by atoms with van der Waals surface area (Å²) in [4.78, 5) is 21.1. The molecule has 1 aromatic rings. The Morgan fingerprint density at radius 2 is 2.10 bits per heavy atom. The number of guanidine groups is 1. The second kappa shape index (κ2) is 9.19. The van der Waals surface area contributed by atoms with Gasteiger partial charge in [-0.25, -0.2) is 4.98 Å². The van der Waals surface area contributed by atoms with Crippen LogP contribution in [0.4, 0.5) is 0 Å². The van der Waals surface area contributed by atoms with Gasteiger partial charge in [0, 0.05) is 37.1 Å². The van der Waals surface area contributed by atoms with Crippen molar-refractivity contribution in [3.8, 4) is 0 Å². The number of rotatable bonds is 6. The van der Waals surface area contributed by atoms with Crippen LogP contribution in [0.2, 0.25) is 0 Å². The van der Waals surface area contributed by atoms with Crippen molar-refractivity contribution in [2.24, 2.45) is 10.9 Å². The van der Waals surface area contributed by atoms with Gasteiger partial charge in [-0.15, -0.1) is 35.3 Å². The number of hydrogen-bond acceptors (Lipinski definition) is 4. The Morgan fingerprint density at radius 3 is 2.67 bits per heavy atom. The molecule has 0 bridgehead atoms. The Labute approximate surface area is 146 Å². The molecule has 1 aliphatic carbocycles. The van der Waals surface area contributed by atoms with E-state index in [0.29, 0.717) is 19.6 Å². The smallest absolute Gasteiger partial charge is 0.223 e. The lowest BCUT2D eigenvalue weighted by Gasteiger charge is -2.11. The van der Waals surface area contributed by atoms with E-state index in [4.69, 9.17) is 0 Å². The van der Waals surface area contributed by atoms with E-state index in [1.54, 1.807) is 18.4 Å². The van der Waals surface area contributed by atoms with Crippen molar-refractivity contribution in [2.75, 3.05) is 20.1 Å². The summed E-state index contributed by atoms with van der Waals surface area (Å²) in [5, 5.41) is 10.3. The first-order valence-electron chi connectivity index (χ1n) is 6.82. The third-order valence-electron chi connectivity index (χ3n) is 2.96. The molecule has 0 spiro atoms. The highest BCUT2D eigenvalue weighted by atomic mass is 127. The first-order valence-corrected chi connectivity index (χ1v) is 7.64. The molecule has 1 saturated carbocycles. The van der Waals surface area contributed by atoms with E-state index >= 15 is 0 Å². The summed E-state index contributed by atoms with van der Waals surface area (Å²) in [6, 6.07) is 0. The van der Waals surface area contributed by atoms with Gasteiger partial charge in [0.1, 0.15) is 5.01 Å². The summed E-state index contributed by atoms with van der Waals surface area (Å²) in [7, 11) is 1.73. The Bertz CT molecular complexity index is 487. The number of nitrogens with zero attached hydrogens (tertiary/aromatic N) is 2. The van der Waals surface area contributed by atoms with E-state index in [1.807, 2.05) is 13.1 Å². The highest BCUT2D eigenvalue weighted by molar-refractivity contribution is 14.0. The van der Waals surface area contributed by atoms with Gasteiger partial charge >= 0.3 is 0 Å². The maximum absolute atomic E-state index is 11.4. The Morgan fingerprint density at radius 1 is 1.38 bits per heavy atom. The van der Waals surface area contributed by atoms with Gasteiger partial charge in [-0.2, -0.15) is 0 Å². The zero-order valence-electron chi connectivity index (χ0n) is 12.3. The Hall–Kier alpha value is -0.900. The van der Waals surface area contributed by atoms with Gasteiger partial charge < -0.3 is 16.0 Å². The number of thiazole rings is 1. The lowest BCUT2D eigenvalue weighted by atomic mass is 10.4. The molecule has 0 aromatic carbocycles. The molecule has 8 heteroatoms. The van der Waals surface area contributed by atoms with E-state index in [0.717, 1.165) is 23.8 Å². The summed E-state index contributed by atoms with van der Waals surface area (Å²) in [6.45, 7) is 3.98. The SMILES string of the molecule is CN=C(NCCNC(=O)C1CC1)NCc1ncc(C)s1.I. The number of hydrogen-bond donors (Lipinski definition) is 3. The second-order valence-corrected chi connectivity index (χ2v) is 6.10. The van der Waals surface area contributed by atoms with Crippen LogP contribution < -0.4 is 16.0 Å². The molecule has 2 rings (SSSR count). The molecule has 1 amide bonds. The average molecular weight is 423 g/mol. The monoisotopic (exact) mass is 423 g/mol. The van der Waals surface area contributed by atoms with Gasteiger partial charge in [0.25, 0.3) is 0 Å². The molecule has 0 atom stereocenters. The zero-order chi connectivity index (χ0) is 14.4. The molecule has 21 heavy (non-hydrogen) atoms. The summed E-state index contributed by atoms with van der Waals surface area (Å²) in [6.07, 6.45) is 3.94. The van der Waals surface area contributed by atoms with Gasteiger partial charge in [0.2, 0.25) is 5.91 Å². The number of halogens is 1. The highest BCUT2D eigenvalue weighted by Gasteiger charge is 2.28. The fourth-order valence-corrected chi connectivity index (χ4v) is 2.45. The summed E-state index contributed by atoms with van der Waals surface area (Å²) >= 11 is 1.67. The van der Waals surface area contributed by atoms with E-state index in [1.165, 1.54) is 4.88 Å². The first-order chi connectivity index (χ1) is 9.69. The topological polar surface area (TPSA) is 78.4 Å². The molecule has 0 unspecified atom stereocenters. The Kier molecular flexibility index (Phi) is 7.94. The van der Waals surface area contributed by atoms with Crippen molar-refractivity contribution >= 4 is 47.2 Å². The average Bonchev–Trinajstić information content (AvgIpc) is 3.21. The van der Waals surface area contributed by atoms with Crippen LogP contribution in [0.25, 0.3) is 0 Å². The fourth-order valence-electron chi connectivity index (χ4n) is 1.72. The summed E-state index contributed by atoms with van der Waals surface area (Å²) in [5.41, 5.74) is 0. The number of aryl methyl sites for hydroxylation is 1. The van der Waals surface area contributed by atoms with Crippen LogP contribution in [0.15, 0.2) is 11.2 Å². The van der Waals surface area contributed by atoms with E-state index in [9.17, 15) is 4.79 Å². The molecule has 1 aliphatic rings. The van der Waals surface area contributed by atoms with Crippen molar-refractivity contribution in [1.82, 2.24) is 20.9 Å². The summed E-state index contributed by atoms with van der Waals surface area (Å²) < 4.78 is 0. The zero-order valence-corrected chi connectivity index (χ0v) is 15.5. The van der Waals surface area contributed by atoms with Gasteiger partial charge in [0.05, 0.1) is 6.54 Å². The molecule has 3 N–H and O–H groups in total. The minimum atomic E-state index is 0. The number of aromatic nitrogens is 1. The van der Waals surface area contributed by atoms with Crippen LogP contribution in [0.1, 0.15) is 22.7 Å². The number of aliphatic imine (C=N–C) groups is 1. The molecule has 6 nitrogen and oxygen atoms in total. The molecular weight excluding hydrogens is 401 g/mol.